The number of nitrogens with zero attached hydrogens (tertiary/aromatic N) is 2. The second-order valence-corrected chi connectivity index (χ2v) is 10.5. The van der Waals surface area contributed by atoms with Crippen LogP contribution in [-0.2, 0) is 16.0 Å². The van der Waals surface area contributed by atoms with Crippen molar-refractivity contribution in [2.24, 2.45) is 16.7 Å². The minimum Gasteiger partial charge on any atom is -0.353 e. The summed E-state index contributed by atoms with van der Waals surface area (Å²) >= 11 is 0. The van der Waals surface area contributed by atoms with Crippen LogP contribution in [0, 0.1) is 16.7 Å². The van der Waals surface area contributed by atoms with Crippen molar-refractivity contribution in [3.05, 3.63) is 54.4 Å². The van der Waals surface area contributed by atoms with E-state index in [1.807, 2.05) is 37.1 Å². The predicted molar refractivity (Wildman–Crippen MR) is 125 cm³/mol. The molecule has 2 aliphatic carbocycles. The number of pyridine rings is 1. The fourth-order valence-corrected chi connectivity index (χ4v) is 5.77. The summed E-state index contributed by atoms with van der Waals surface area (Å²) in [6, 6.07) is 12.5. The summed E-state index contributed by atoms with van der Waals surface area (Å²) in [6.07, 6.45) is 9.72. The largest absolute Gasteiger partial charge is 0.353 e. The van der Waals surface area contributed by atoms with Gasteiger partial charge < -0.3 is 10.2 Å². The number of benzene rings is 1. The summed E-state index contributed by atoms with van der Waals surface area (Å²) in [5, 5.41) is 3.15. The molecule has 5 heteroatoms. The Morgan fingerprint density at radius 3 is 2.62 bits per heavy atom. The van der Waals surface area contributed by atoms with Crippen LogP contribution >= 0.6 is 0 Å². The van der Waals surface area contributed by atoms with Crippen molar-refractivity contribution >= 4 is 11.8 Å². The molecule has 0 unspecified atom stereocenters. The maximum Gasteiger partial charge on any atom is 0.228 e. The molecular formula is C27H33N3O2. The van der Waals surface area contributed by atoms with Gasteiger partial charge in [-0.25, -0.2) is 0 Å². The third-order valence-electron chi connectivity index (χ3n) is 7.87. The second kappa shape index (κ2) is 8.02. The Hall–Kier alpha value is -2.69. The van der Waals surface area contributed by atoms with Crippen LogP contribution in [-0.4, -0.2) is 40.8 Å². The predicted octanol–water partition coefficient (Wildman–Crippen LogP) is 4.22. The minimum atomic E-state index is -0.574. The molecule has 1 saturated heterocycles. The van der Waals surface area contributed by atoms with E-state index in [4.69, 9.17) is 0 Å². The number of hydrogen-bond donors (Lipinski definition) is 1. The molecule has 2 atom stereocenters. The Morgan fingerprint density at radius 2 is 1.97 bits per heavy atom. The third kappa shape index (κ3) is 3.82. The van der Waals surface area contributed by atoms with E-state index in [1.165, 1.54) is 19.3 Å². The topological polar surface area (TPSA) is 62.3 Å². The molecule has 3 aliphatic rings. The highest BCUT2D eigenvalue weighted by Crippen LogP contribution is 2.66. The molecule has 5 rings (SSSR count). The first kappa shape index (κ1) is 21.2. The van der Waals surface area contributed by atoms with Gasteiger partial charge in [-0.15, -0.1) is 0 Å². The van der Waals surface area contributed by atoms with Crippen molar-refractivity contribution < 1.29 is 9.59 Å². The smallest absolute Gasteiger partial charge is 0.228 e. The fourth-order valence-electron chi connectivity index (χ4n) is 5.77. The number of nitrogens with one attached hydrogen (secondary N) is 1. The van der Waals surface area contributed by atoms with Gasteiger partial charge in [0.05, 0.1) is 5.41 Å². The highest BCUT2D eigenvalue weighted by atomic mass is 16.2. The first-order chi connectivity index (χ1) is 15.4. The first-order valence-electron chi connectivity index (χ1n) is 12.0. The van der Waals surface area contributed by atoms with E-state index in [-0.39, 0.29) is 23.8 Å². The van der Waals surface area contributed by atoms with Gasteiger partial charge in [-0.05, 0) is 74.1 Å². The highest BCUT2D eigenvalue weighted by molar-refractivity contribution is 5.88. The van der Waals surface area contributed by atoms with Crippen LogP contribution in [0.25, 0.3) is 11.1 Å². The van der Waals surface area contributed by atoms with E-state index in [0.29, 0.717) is 31.3 Å². The van der Waals surface area contributed by atoms with E-state index in [9.17, 15) is 9.59 Å². The molecule has 2 aromatic rings. The molecule has 1 aromatic carbocycles. The molecule has 5 nitrogen and oxygen atoms in total. The molecular weight excluding hydrogens is 398 g/mol. The molecule has 1 aliphatic heterocycles. The molecule has 1 spiro atoms. The lowest BCUT2D eigenvalue weighted by molar-refractivity contribution is -0.135. The van der Waals surface area contributed by atoms with Crippen LogP contribution in [0.1, 0.15) is 51.5 Å². The summed E-state index contributed by atoms with van der Waals surface area (Å²) in [4.78, 5) is 32.9. The first-order valence-corrected chi connectivity index (χ1v) is 12.0. The zero-order valence-electron chi connectivity index (χ0n) is 19.1. The zero-order valence-corrected chi connectivity index (χ0v) is 19.1. The molecule has 1 N–H and O–H groups in total. The minimum absolute atomic E-state index is 0.0729. The molecule has 32 heavy (non-hydrogen) atoms. The highest BCUT2D eigenvalue weighted by Gasteiger charge is 2.62. The van der Waals surface area contributed by atoms with Gasteiger partial charge in [0.2, 0.25) is 11.8 Å². The summed E-state index contributed by atoms with van der Waals surface area (Å²) in [7, 11) is 0. The Balaban J connectivity index is 1.37. The lowest BCUT2D eigenvalue weighted by Crippen LogP contribution is -2.47. The van der Waals surface area contributed by atoms with E-state index < -0.39 is 5.41 Å². The number of carbonyl (C=O) groups is 2. The van der Waals surface area contributed by atoms with Gasteiger partial charge in [0.15, 0.2) is 0 Å². The van der Waals surface area contributed by atoms with E-state index in [1.54, 1.807) is 6.20 Å². The van der Waals surface area contributed by atoms with Gasteiger partial charge in [0.25, 0.3) is 0 Å². The van der Waals surface area contributed by atoms with Gasteiger partial charge in [0, 0.05) is 37.4 Å². The van der Waals surface area contributed by atoms with Crippen molar-refractivity contribution in [1.29, 1.82) is 0 Å². The number of rotatable bonds is 6. The number of likely N-dealkylation sites (tertiary alicyclic amines) is 1. The molecule has 2 amide bonds. The molecule has 0 bridgehead atoms. The maximum absolute atomic E-state index is 13.4. The molecule has 2 saturated carbocycles. The van der Waals surface area contributed by atoms with Gasteiger partial charge in [-0.2, -0.15) is 0 Å². The molecule has 3 fully saturated rings. The molecule has 168 valence electrons. The van der Waals surface area contributed by atoms with Crippen LogP contribution in [0.4, 0.5) is 0 Å². The van der Waals surface area contributed by atoms with Crippen LogP contribution in [0.2, 0.25) is 0 Å². The summed E-state index contributed by atoms with van der Waals surface area (Å²) in [5.41, 5.74) is 3.04. The second-order valence-electron chi connectivity index (χ2n) is 10.5. The zero-order chi connectivity index (χ0) is 22.3. The van der Waals surface area contributed by atoms with Crippen molar-refractivity contribution in [3.63, 3.8) is 0 Å². The Labute approximate surface area is 190 Å². The number of amides is 2. The van der Waals surface area contributed by atoms with Crippen molar-refractivity contribution in [2.75, 3.05) is 13.1 Å². The van der Waals surface area contributed by atoms with Crippen LogP contribution in [0.3, 0.4) is 0 Å². The monoisotopic (exact) mass is 431 g/mol. The van der Waals surface area contributed by atoms with Gasteiger partial charge >= 0.3 is 0 Å². The van der Waals surface area contributed by atoms with Crippen LogP contribution in [0.15, 0.2) is 48.8 Å². The average Bonchev–Trinajstić information content (AvgIpc) is 3.40. The number of carbonyl (C=O) groups excluding carboxylic acids is 2. The van der Waals surface area contributed by atoms with Crippen molar-refractivity contribution in [2.45, 2.75) is 58.4 Å². The summed E-state index contributed by atoms with van der Waals surface area (Å²) < 4.78 is 0. The van der Waals surface area contributed by atoms with Crippen LogP contribution < -0.4 is 5.32 Å². The van der Waals surface area contributed by atoms with Gasteiger partial charge in [-0.3, -0.25) is 14.6 Å². The Bertz CT molecular complexity index is 1010. The van der Waals surface area contributed by atoms with E-state index in [2.05, 4.69) is 34.6 Å². The number of hydrogen-bond acceptors (Lipinski definition) is 3. The average molecular weight is 432 g/mol. The van der Waals surface area contributed by atoms with Crippen molar-refractivity contribution in [1.82, 2.24) is 15.2 Å². The number of aromatic nitrogens is 1. The fraction of sp³-hybridized carbons (Fsp3) is 0.519. The van der Waals surface area contributed by atoms with E-state index in [0.717, 1.165) is 23.1 Å². The van der Waals surface area contributed by atoms with Gasteiger partial charge in [-0.1, -0.05) is 36.8 Å². The molecule has 0 radical (unpaired) electrons. The molecule has 2 heterocycles. The van der Waals surface area contributed by atoms with Crippen LogP contribution in [0.5, 0.6) is 0 Å². The SMILES string of the molecule is CC(C)NC(=O)[C@@]1(Cc2cccc(-c3cccnc3)c2)CCN(C(=O)[C@@H]2CC23CCC3)C1. The lowest BCUT2D eigenvalue weighted by atomic mass is 9.79. The van der Waals surface area contributed by atoms with Crippen molar-refractivity contribution in [3.8, 4) is 11.1 Å². The lowest BCUT2D eigenvalue weighted by Gasteiger charge is -2.31. The normalized spacial score (nSPS) is 25.6. The quantitative estimate of drug-likeness (QED) is 0.745. The maximum atomic E-state index is 13.4. The van der Waals surface area contributed by atoms with E-state index >= 15 is 0 Å². The van der Waals surface area contributed by atoms with Gasteiger partial charge in [0.1, 0.15) is 0 Å². The summed E-state index contributed by atoms with van der Waals surface area (Å²) in [6.45, 7) is 5.20. The third-order valence-corrected chi connectivity index (χ3v) is 7.87. The Kier molecular flexibility index (Phi) is 5.31. The standard InChI is InChI=1S/C27H33N3O2/c1-19(2)29-25(32)27(11-13-30(18-27)24(31)23-16-26(23)9-5-10-26)15-20-6-3-7-21(14-20)22-8-4-12-28-17-22/h3-4,6-8,12,14,17,19,23H,5,9-11,13,15-16,18H2,1-2H3,(H,29,32)/t23-,27+/m0/s1. The Morgan fingerprint density at radius 1 is 1.16 bits per heavy atom. The summed E-state index contributed by atoms with van der Waals surface area (Å²) in [5.74, 6) is 0.561. The molecule has 1 aromatic heterocycles.